The molecule has 0 aliphatic carbocycles. The van der Waals surface area contributed by atoms with E-state index >= 15 is 0 Å². The van der Waals surface area contributed by atoms with Crippen molar-refractivity contribution in [2.45, 2.75) is 6.92 Å². The molecule has 5 heteroatoms. The number of hydrogen-bond acceptors (Lipinski definition) is 4. The highest BCUT2D eigenvalue weighted by Gasteiger charge is 2.23. The van der Waals surface area contributed by atoms with E-state index < -0.39 is 0 Å². The van der Waals surface area contributed by atoms with Crippen molar-refractivity contribution in [3.05, 3.63) is 0 Å². The molecule has 0 saturated carbocycles. The summed E-state index contributed by atoms with van der Waals surface area (Å²) in [7, 11) is 0. The van der Waals surface area contributed by atoms with Crippen LogP contribution in [0.3, 0.4) is 0 Å². The first-order valence-corrected chi connectivity index (χ1v) is 4.95. The van der Waals surface area contributed by atoms with Crippen molar-refractivity contribution in [2.24, 2.45) is 4.99 Å². The third-order valence-electron chi connectivity index (χ3n) is 2.57. The Morgan fingerprint density at radius 1 is 1.36 bits per heavy atom. The lowest BCUT2D eigenvalue weighted by molar-refractivity contribution is -0.130. The minimum Gasteiger partial charge on any atom is -0.463 e. The van der Waals surface area contributed by atoms with Crippen LogP contribution in [0.2, 0.25) is 0 Å². The number of ether oxygens (including phenoxy) is 1. The summed E-state index contributed by atoms with van der Waals surface area (Å²) < 4.78 is 5.36. The first kappa shape index (κ1) is 9.30. The van der Waals surface area contributed by atoms with Crippen LogP contribution in [-0.4, -0.2) is 61.1 Å². The van der Waals surface area contributed by atoms with Gasteiger partial charge in [0.15, 0.2) is 0 Å². The maximum Gasteiger partial charge on any atom is 0.287 e. The van der Waals surface area contributed by atoms with Gasteiger partial charge in [0.1, 0.15) is 6.61 Å². The number of hydrogen-bond donors (Lipinski definition) is 0. The molecule has 2 aliphatic heterocycles. The highest BCUT2D eigenvalue weighted by atomic mass is 16.5. The topological polar surface area (TPSA) is 45.1 Å². The maximum absolute atomic E-state index is 11.1. The fraction of sp³-hybridized carbons (Fsp3) is 0.778. The van der Waals surface area contributed by atoms with Crippen molar-refractivity contribution in [1.82, 2.24) is 9.80 Å². The van der Waals surface area contributed by atoms with Crippen LogP contribution >= 0.6 is 0 Å². The molecule has 14 heavy (non-hydrogen) atoms. The third kappa shape index (κ3) is 1.81. The van der Waals surface area contributed by atoms with Gasteiger partial charge in [-0.1, -0.05) is 0 Å². The fourth-order valence-corrected chi connectivity index (χ4v) is 1.73. The second-order valence-corrected chi connectivity index (χ2v) is 3.51. The number of nitrogens with zero attached hydrogens (tertiary/aromatic N) is 3. The Kier molecular flexibility index (Phi) is 2.56. The molecule has 0 unspecified atom stereocenters. The molecular weight excluding hydrogens is 182 g/mol. The third-order valence-corrected chi connectivity index (χ3v) is 2.57. The second kappa shape index (κ2) is 3.86. The fourth-order valence-electron chi connectivity index (χ4n) is 1.73. The van der Waals surface area contributed by atoms with Crippen molar-refractivity contribution < 1.29 is 9.53 Å². The van der Waals surface area contributed by atoms with Crippen molar-refractivity contribution >= 4 is 11.9 Å². The van der Waals surface area contributed by atoms with E-state index in [1.807, 2.05) is 4.90 Å². The molecule has 1 fully saturated rings. The molecule has 0 atom stereocenters. The largest absolute Gasteiger partial charge is 0.463 e. The van der Waals surface area contributed by atoms with E-state index in [2.05, 4.69) is 9.89 Å². The molecule has 0 aromatic heterocycles. The summed E-state index contributed by atoms with van der Waals surface area (Å²) in [5.74, 6) is 0.152. The Labute approximate surface area is 83.3 Å². The molecule has 1 saturated heterocycles. The van der Waals surface area contributed by atoms with Gasteiger partial charge in [-0.15, -0.1) is 0 Å². The van der Waals surface area contributed by atoms with E-state index in [-0.39, 0.29) is 5.91 Å². The van der Waals surface area contributed by atoms with Gasteiger partial charge < -0.3 is 14.5 Å². The molecule has 0 N–H and O–H groups in total. The van der Waals surface area contributed by atoms with Gasteiger partial charge in [0.25, 0.3) is 6.02 Å². The van der Waals surface area contributed by atoms with Crippen LogP contribution in [0.15, 0.2) is 4.99 Å². The maximum atomic E-state index is 11.1. The number of amidine groups is 1. The van der Waals surface area contributed by atoms with Crippen LogP contribution in [0.25, 0.3) is 0 Å². The molecule has 2 aliphatic rings. The molecule has 2 heterocycles. The molecule has 5 nitrogen and oxygen atoms in total. The van der Waals surface area contributed by atoms with Crippen LogP contribution in [0.5, 0.6) is 0 Å². The van der Waals surface area contributed by atoms with Gasteiger partial charge in [-0.3, -0.25) is 4.79 Å². The summed E-state index contributed by atoms with van der Waals surface area (Å²) in [6.07, 6.45) is 0. The lowest BCUT2D eigenvalue weighted by Gasteiger charge is -2.34. The van der Waals surface area contributed by atoms with Crippen molar-refractivity contribution in [3.63, 3.8) is 0 Å². The second-order valence-electron chi connectivity index (χ2n) is 3.51. The van der Waals surface area contributed by atoms with Crippen molar-refractivity contribution in [2.75, 3.05) is 39.3 Å². The van der Waals surface area contributed by atoms with Gasteiger partial charge in [0.2, 0.25) is 5.91 Å². The van der Waals surface area contributed by atoms with E-state index in [0.717, 1.165) is 38.7 Å². The number of piperazine rings is 1. The van der Waals surface area contributed by atoms with Gasteiger partial charge in [0.05, 0.1) is 6.54 Å². The predicted molar refractivity (Wildman–Crippen MR) is 52.1 cm³/mol. The Hall–Kier alpha value is -1.26. The minimum atomic E-state index is 0.152. The van der Waals surface area contributed by atoms with Crippen LogP contribution < -0.4 is 0 Å². The summed E-state index contributed by atoms with van der Waals surface area (Å²) in [6.45, 7) is 6.29. The number of carbonyl (C=O) groups excluding carboxylic acids is 1. The standard InChI is InChI=1S/C9H15N3O2/c1-8(13)11-3-5-12(6-4-11)9-10-2-7-14-9/h2-7H2,1H3. The summed E-state index contributed by atoms with van der Waals surface area (Å²) in [4.78, 5) is 19.3. The summed E-state index contributed by atoms with van der Waals surface area (Å²) in [6, 6.07) is 0.758. The number of aliphatic imine (C=N–C) groups is 1. The molecule has 78 valence electrons. The molecule has 1 amide bonds. The highest BCUT2D eigenvalue weighted by Crippen LogP contribution is 2.06. The number of amides is 1. The molecule has 0 aromatic carbocycles. The van der Waals surface area contributed by atoms with Gasteiger partial charge in [0, 0.05) is 33.1 Å². The smallest absolute Gasteiger partial charge is 0.287 e. The van der Waals surface area contributed by atoms with Gasteiger partial charge in [-0.05, 0) is 0 Å². The van der Waals surface area contributed by atoms with E-state index in [9.17, 15) is 4.79 Å². The number of carbonyl (C=O) groups is 1. The summed E-state index contributed by atoms with van der Waals surface area (Å²) >= 11 is 0. The zero-order valence-electron chi connectivity index (χ0n) is 8.40. The quantitative estimate of drug-likeness (QED) is 0.527. The molecule has 0 spiro atoms. The Morgan fingerprint density at radius 3 is 2.57 bits per heavy atom. The van der Waals surface area contributed by atoms with Gasteiger partial charge >= 0.3 is 0 Å². The highest BCUT2D eigenvalue weighted by molar-refractivity contribution is 5.76. The molecule has 0 aromatic rings. The van der Waals surface area contributed by atoms with Crippen LogP contribution in [0.1, 0.15) is 6.92 Å². The normalized spacial score (nSPS) is 21.9. The Balaban J connectivity index is 1.86. The summed E-state index contributed by atoms with van der Waals surface area (Å²) in [5, 5.41) is 0. The molecular formula is C9H15N3O2. The first-order chi connectivity index (χ1) is 6.77. The average molecular weight is 197 g/mol. The zero-order valence-corrected chi connectivity index (χ0v) is 8.40. The Bertz CT molecular complexity index is 257. The van der Waals surface area contributed by atoms with E-state index in [4.69, 9.17) is 4.74 Å². The minimum absolute atomic E-state index is 0.152. The molecule has 0 radical (unpaired) electrons. The van der Waals surface area contributed by atoms with Gasteiger partial charge in [-0.2, -0.15) is 0 Å². The number of rotatable bonds is 0. The summed E-state index contributed by atoms with van der Waals surface area (Å²) in [5.41, 5.74) is 0. The van der Waals surface area contributed by atoms with E-state index in [1.54, 1.807) is 6.92 Å². The van der Waals surface area contributed by atoms with Crippen LogP contribution in [-0.2, 0) is 9.53 Å². The van der Waals surface area contributed by atoms with Gasteiger partial charge in [-0.25, -0.2) is 4.99 Å². The van der Waals surface area contributed by atoms with Crippen molar-refractivity contribution in [1.29, 1.82) is 0 Å². The predicted octanol–water partition coefficient (Wildman–Crippen LogP) is -0.463. The zero-order chi connectivity index (χ0) is 9.97. The average Bonchev–Trinajstić information content (AvgIpc) is 2.71. The molecule has 2 rings (SSSR count). The monoisotopic (exact) mass is 197 g/mol. The van der Waals surface area contributed by atoms with Crippen LogP contribution in [0, 0.1) is 0 Å². The van der Waals surface area contributed by atoms with Crippen molar-refractivity contribution in [3.8, 4) is 0 Å². The SMILES string of the molecule is CC(=O)N1CCN(C2=NCCO2)CC1. The van der Waals surface area contributed by atoms with E-state index in [1.165, 1.54) is 0 Å². The lowest BCUT2D eigenvalue weighted by Crippen LogP contribution is -2.50. The van der Waals surface area contributed by atoms with Crippen LogP contribution in [0.4, 0.5) is 0 Å². The molecule has 0 bridgehead atoms. The Morgan fingerprint density at radius 2 is 2.07 bits per heavy atom. The first-order valence-electron chi connectivity index (χ1n) is 4.95. The van der Waals surface area contributed by atoms with E-state index in [0.29, 0.717) is 6.61 Å². The lowest BCUT2D eigenvalue weighted by atomic mass is 10.3.